The summed E-state index contributed by atoms with van der Waals surface area (Å²) in [5, 5.41) is 10.2. The van der Waals surface area contributed by atoms with Crippen molar-refractivity contribution in [2.75, 3.05) is 20.2 Å². The van der Waals surface area contributed by atoms with Crippen LogP contribution in [0.25, 0.3) is 0 Å². The largest absolute Gasteiger partial charge is 0.489 e. The van der Waals surface area contributed by atoms with E-state index in [1.807, 2.05) is 18.2 Å². The molecule has 2 amide bonds. The van der Waals surface area contributed by atoms with Gasteiger partial charge in [-0.3, -0.25) is 9.69 Å². The van der Waals surface area contributed by atoms with Crippen molar-refractivity contribution in [3.63, 3.8) is 0 Å². The number of hydrogen-bond acceptors (Lipinski definition) is 5. The molecule has 0 spiro atoms. The van der Waals surface area contributed by atoms with E-state index in [1.54, 1.807) is 12.0 Å². The number of carbonyl (C=O) groups is 2. The maximum Gasteiger partial charge on any atom is 0.388 e. The van der Waals surface area contributed by atoms with Crippen LogP contribution in [0.3, 0.4) is 0 Å². The Labute approximate surface area is 188 Å². The van der Waals surface area contributed by atoms with Gasteiger partial charge < -0.3 is 19.5 Å². The number of nitrogens with zero attached hydrogens (tertiary/aromatic N) is 2. The number of benzene rings is 1. The summed E-state index contributed by atoms with van der Waals surface area (Å²) in [7, 11) is 1.80. The number of aliphatic hydroxyl groups excluding tert-OH is 1. The molecule has 4 aliphatic rings. The summed E-state index contributed by atoms with van der Waals surface area (Å²) in [5.74, 6) is 0.340. The highest BCUT2D eigenvalue weighted by molar-refractivity contribution is 6.01. The molecule has 32 heavy (non-hydrogen) atoms. The van der Waals surface area contributed by atoms with Gasteiger partial charge in [0.15, 0.2) is 6.04 Å². The Balaban J connectivity index is 1.26. The van der Waals surface area contributed by atoms with Gasteiger partial charge in [0.1, 0.15) is 11.9 Å². The molecular weight excluding hydrogens is 410 g/mol. The van der Waals surface area contributed by atoms with Crippen molar-refractivity contribution in [3.05, 3.63) is 29.3 Å². The molecular formula is C24H32N3O5+. The summed E-state index contributed by atoms with van der Waals surface area (Å²) in [6.07, 6.45) is 6.77. The molecule has 3 atom stereocenters. The van der Waals surface area contributed by atoms with Crippen molar-refractivity contribution in [3.8, 4) is 5.75 Å². The minimum Gasteiger partial charge on any atom is -0.489 e. The van der Waals surface area contributed by atoms with E-state index < -0.39 is 6.04 Å². The zero-order chi connectivity index (χ0) is 22.2. The maximum absolute atomic E-state index is 12.9. The minimum absolute atomic E-state index is 0.112. The molecule has 1 saturated heterocycles. The second-order valence-corrected chi connectivity index (χ2v) is 9.37. The summed E-state index contributed by atoms with van der Waals surface area (Å²) < 4.78 is 12.0. The second-order valence-electron chi connectivity index (χ2n) is 9.37. The fourth-order valence-corrected chi connectivity index (χ4v) is 5.72. The molecule has 2 N–H and O–H groups in total. The molecule has 1 saturated carbocycles. The number of hydrogen-bond donors (Lipinski definition) is 2. The highest BCUT2D eigenvalue weighted by Gasteiger charge is 2.41. The fourth-order valence-electron chi connectivity index (χ4n) is 5.72. The SMILES string of the molecule is COC1CCN([C@@H]2CCC[C@@H]2Oc2ccc3c(c2)CN(C2CCC(=O)[NH+]=C2O)C3=O)CC1. The minimum atomic E-state index is -0.480. The van der Waals surface area contributed by atoms with E-state index in [2.05, 4.69) is 9.89 Å². The molecule has 0 bridgehead atoms. The second kappa shape index (κ2) is 8.83. The van der Waals surface area contributed by atoms with Crippen LogP contribution in [0.4, 0.5) is 0 Å². The van der Waals surface area contributed by atoms with Gasteiger partial charge >= 0.3 is 11.8 Å². The molecule has 3 heterocycles. The number of aliphatic hydroxyl groups is 1. The number of amides is 2. The molecule has 5 rings (SSSR count). The quantitative estimate of drug-likeness (QED) is 0.700. The zero-order valence-electron chi connectivity index (χ0n) is 18.6. The molecule has 1 aromatic rings. The van der Waals surface area contributed by atoms with Crippen LogP contribution in [0.1, 0.15) is 60.9 Å². The van der Waals surface area contributed by atoms with E-state index >= 15 is 0 Å². The number of ether oxygens (including phenoxy) is 2. The average Bonchev–Trinajstić information content (AvgIpc) is 3.38. The lowest BCUT2D eigenvalue weighted by molar-refractivity contribution is -0.394. The summed E-state index contributed by atoms with van der Waals surface area (Å²) in [6.45, 7) is 2.51. The summed E-state index contributed by atoms with van der Waals surface area (Å²) in [6, 6.07) is 5.64. The Morgan fingerprint density at radius 3 is 2.66 bits per heavy atom. The summed E-state index contributed by atoms with van der Waals surface area (Å²) >= 11 is 0. The van der Waals surface area contributed by atoms with Gasteiger partial charge in [-0.25, -0.2) is 4.79 Å². The van der Waals surface area contributed by atoms with Crippen molar-refractivity contribution < 1.29 is 29.2 Å². The van der Waals surface area contributed by atoms with E-state index in [4.69, 9.17) is 9.47 Å². The summed E-state index contributed by atoms with van der Waals surface area (Å²) in [5.41, 5.74) is 1.55. The molecule has 1 unspecified atom stereocenters. The third-order valence-corrected chi connectivity index (χ3v) is 7.50. The number of likely N-dealkylation sites (tertiary alicyclic amines) is 1. The number of carbonyl (C=O) groups excluding carboxylic acids is 2. The Kier molecular flexibility index (Phi) is 5.90. The van der Waals surface area contributed by atoms with E-state index in [9.17, 15) is 14.7 Å². The van der Waals surface area contributed by atoms with Crippen molar-refractivity contribution in [2.24, 2.45) is 0 Å². The van der Waals surface area contributed by atoms with E-state index in [-0.39, 0.29) is 23.8 Å². The van der Waals surface area contributed by atoms with Crippen LogP contribution in [0, 0.1) is 0 Å². The van der Waals surface area contributed by atoms with Gasteiger partial charge in [-0.05, 0) is 62.3 Å². The van der Waals surface area contributed by atoms with E-state index in [1.165, 1.54) is 6.42 Å². The third-order valence-electron chi connectivity index (χ3n) is 7.50. The van der Waals surface area contributed by atoms with Crippen molar-refractivity contribution in [1.82, 2.24) is 9.80 Å². The predicted octanol–water partition coefficient (Wildman–Crippen LogP) is 0.779. The average molecular weight is 443 g/mol. The molecule has 0 radical (unpaired) electrons. The van der Waals surface area contributed by atoms with Gasteiger partial charge in [0.25, 0.3) is 5.91 Å². The first-order valence-electron chi connectivity index (χ1n) is 11.8. The smallest absolute Gasteiger partial charge is 0.388 e. The highest BCUT2D eigenvalue weighted by Crippen LogP contribution is 2.33. The van der Waals surface area contributed by atoms with Crippen molar-refractivity contribution in [2.45, 2.75) is 75.8 Å². The van der Waals surface area contributed by atoms with E-state index in [0.717, 1.165) is 50.1 Å². The topological polar surface area (TPSA) is 93.3 Å². The number of rotatable bonds is 5. The van der Waals surface area contributed by atoms with Gasteiger partial charge in [-0.2, -0.15) is 0 Å². The number of piperidine rings is 1. The van der Waals surface area contributed by atoms with Gasteiger partial charge in [-0.15, -0.1) is 4.99 Å². The first-order chi connectivity index (χ1) is 15.5. The van der Waals surface area contributed by atoms with Gasteiger partial charge in [0.05, 0.1) is 12.5 Å². The number of nitrogens with one attached hydrogen (secondary N) is 1. The number of methoxy groups -OCH3 is 1. The molecule has 1 aliphatic carbocycles. The van der Waals surface area contributed by atoms with Crippen molar-refractivity contribution >= 4 is 17.7 Å². The molecule has 3 aliphatic heterocycles. The highest BCUT2D eigenvalue weighted by atomic mass is 16.5. The van der Waals surface area contributed by atoms with Crippen LogP contribution in [-0.2, 0) is 16.1 Å². The van der Waals surface area contributed by atoms with Crippen LogP contribution < -0.4 is 9.73 Å². The molecule has 8 heteroatoms. The normalized spacial score (nSPS) is 29.3. The Bertz CT molecular complexity index is 924. The lowest BCUT2D eigenvalue weighted by atomic mass is 10.0. The Morgan fingerprint density at radius 2 is 1.91 bits per heavy atom. The third kappa shape index (κ3) is 4.01. The summed E-state index contributed by atoms with van der Waals surface area (Å²) in [4.78, 5) is 31.1. The van der Waals surface area contributed by atoms with Gasteiger partial charge in [0.2, 0.25) is 0 Å². The van der Waals surface area contributed by atoms with Crippen LogP contribution >= 0.6 is 0 Å². The molecule has 2 fully saturated rings. The van der Waals surface area contributed by atoms with Crippen LogP contribution in [0.15, 0.2) is 18.2 Å². The van der Waals surface area contributed by atoms with Gasteiger partial charge in [-0.1, -0.05) is 0 Å². The zero-order valence-corrected chi connectivity index (χ0v) is 18.6. The predicted molar refractivity (Wildman–Crippen MR) is 117 cm³/mol. The lowest BCUT2D eigenvalue weighted by Crippen LogP contribution is -2.82. The molecule has 1 aromatic carbocycles. The molecule has 8 nitrogen and oxygen atoms in total. The lowest BCUT2D eigenvalue weighted by Gasteiger charge is -2.38. The Morgan fingerprint density at radius 1 is 1.09 bits per heavy atom. The van der Waals surface area contributed by atoms with E-state index in [0.29, 0.717) is 37.1 Å². The fraction of sp³-hybridized carbons (Fsp3) is 0.625. The monoisotopic (exact) mass is 442 g/mol. The molecule has 0 aromatic heterocycles. The number of fused-ring (bicyclic) bond motifs is 1. The maximum atomic E-state index is 12.9. The standard InChI is InChI=1S/C24H31N3O5/c1-31-16-9-11-26(12-10-16)19-3-2-4-21(19)32-17-5-6-18-15(13-17)14-27(24(18)30)20-7-8-22(28)25-23(20)29/h5-6,13,16,19-21H,2-4,7-12,14H2,1H3,(H,25,28,29)/p+1/t19-,20?,21+/m1/s1. The van der Waals surface area contributed by atoms with Gasteiger partial charge in [0, 0.05) is 38.3 Å². The van der Waals surface area contributed by atoms with Crippen LogP contribution in [0.2, 0.25) is 0 Å². The first kappa shape index (κ1) is 21.4. The van der Waals surface area contributed by atoms with Crippen molar-refractivity contribution in [1.29, 1.82) is 0 Å². The molecule has 172 valence electrons. The first-order valence-corrected chi connectivity index (χ1v) is 11.8. The van der Waals surface area contributed by atoms with Crippen LogP contribution in [0.5, 0.6) is 5.75 Å². The van der Waals surface area contributed by atoms with Crippen LogP contribution in [-0.4, -0.2) is 77.1 Å². The Hall–Kier alpha value is -2.45.